The van der Waals surface area contributed by atoms with Gasteiger partial charge in [-0.05, 0) is 61.6 Å². The predicted molar refractivity (Wildman–Crippen MR) is 116 cm³/mol. The number of allylic oxidation sites excluding steroid dienone is 1. The molecule has 6 nitrogen and oxygen atoms in total. The minimum Gasteiger partial charge on any atom is -0.325 e. The third-order valence-corrected chi connectivity index (χ3v) is 6.06. The van der Waals surface area contributed by atoms with E-state index >= 15 is 0 Å². The summed E-state index contributed by atoms with van der Waals surface area (Å²) in [5.74, 6) is 0.688. The van der Waals surface area contributed by atoms with E-state index in [9.17, 15) is 4.79 Å². The Balaban J connectivity index is 1.49. The Morgan fingerprint density at radius 2 is 2.03 bits per heavy atom. The molecule has 0 spiro atoms. The molecule has 1 amide bonds. The second-order valence-electron chi connectivity index (χ2n) is 7.03. The molecular formula is C22H23N5OS. The number of carbonyl (C=O) groups excluding carboxylic acids is 1. The fraction of sp³-hybridized carbons (Fsp3) is 0.273. The summed E-state index contributed by atoms with van der Waals surface area (Å²) in [4.78, 5) is 16.8. The van der Waals surface area contributed by atoms with E-state index < -0.39 is 0 Å². The molecule has 0 fully saturated rings. The maximum atomic E-state index is 12.7. The van der Waals surface area contributed by atoms with Gasteiger partial charge in [0.2, 0.25) is 5.91 Å². The number of hydrogen-bond acceptors (Lipinski definition) is 5. The lowest BCUT2D eigenvalue weighted by Gasteiger charge is -2.13. The summed E-state index contributed by atoms with van der Waals surface area (Å²) >= 11 is 1.39. The molecule has 3 aromatic rings. The van der Waals surface area contributed by atoms with Gasteiger partial charge in [-0.1, -0.05) is 23.9 Å². The summed E-state index contributed by atoms with van der Waals surface area (Å²) in [7, 11) is 0. The standard InChI is InChI=1S/C22H23N5OS/c1-3-13-27-20(17-9-11-23-12-10-17)25-26-22(27)29-15(2)21(28)24-19-8-7-16-5-4-6-18(16)14-19/h3,7-12,14-15H,1,4-6,13H2,2H3,(H,24,28)/t15-/m1/s1. The van der Waals surface area contributed by atoms with Crippen LogP contribution >= 0.6 is 11.8 Å². The smallest absolute Gasteiger partial charge is 0.237 e. The molecule has 1 atom stereocenters. The van der Waals surface area contributed by atoms with Crippen molar-refractivity contribution in [3.05, 3.63) is 66.5 Å². The molecule has 1 aliphatic rings. The summed E-state index contributed by atoms with van der Waals surface area (Å²) in [5.41, 5.74) is 4.52. The number of anilines is 1. The molecule has 2 heterocycles. The summed E-state index contributed by atoms with van der Waals surface area (Å²) in [6, 6.07) is 9.99. The largest absolute Gasteiger partial charge is 0.325 e. The molecule has 148 valence electrons. The minimum atomic E-state index is -0.318. The van der Waals surface area contributed by atoms with Gasteiger partial charge in [0.1, 0.15) is 0 Å². The maximum Gasteiger partial charge on any atom is 0.237 e. The third kappa shape index (κ3) is 4.24. The summed E-state index contributed by atoms with van der Waals surface area (Å²) in [5, 5.41) is 12.0. The van der Waals surface area contributed by atoms with Crippen molar-refractivity contribution >= 4 is 23.4 Å². The molecule has 0 radical (unpaired) electrons. The number of pyridine rings is 1. The van der Waals surface area contributed by atoms with Gasteiger partial charge in [-0.15, -0.1) is 16.8 Å². The zero-order chi connectivity index (χ0) is 20.2. The van der Waals surface area contributed by atoms with Crippen LogP contribution in [0.5, 0.6) is 0 Å². The van der Waals surface area contributed by atoms with Crippen LogP contribution in [0.4, 0.5) is 5.69 Å². The molecule has 7 heteroatoms. The maximum absolute atomic E-state index is 12.7. The second-order valence-corrected chi connectivity index (χ2v) is 8.34. The topological polar surface area (TPSA) is 72.7 Å². The van der Waals surface area contributed by atoms with Crippen LogP contribution in [0.25, 0.3) is 11.4 Å². The van der Waals surface area contributed by atoms with Crippen molar-refractivity contribution in [2.24, 2.45) is 0 Å². The van der Waals surface area contributed by atoms with E-state index in [-0.39, 0.29) is 11.2 Å². The van der Waals surface area contributed by atoms with Crippen molar-refractivity contribution in [1.82, 2.24) is 19.7 Å². The van der Waals surface area contributed by atoms with Gasteiger partial charge in [-0.2, -0.15) is 0 Å². The lowest BCUT2D eigenvalue weighted by atomic mass is 10.1. The Bertz CT molecular complexity index is 1030. The van der Waals surface area contributed by atoms with E-state index in [2.05, 4.69) is 39.2 Å². The van der Waals surface area contributed by atoms with Crippen molar-refractivity contribution in [2.75, 3.05) is 5.32 Å². The van der Waals surface area contributed by atoms with Crippen molar-refractivity contribution in [3.8, 4) is 11.4 Å². The molecule has 4 rings (SSSR count). The molecule has 2 aromatic heterocycles. The highest BCUT2D eigenvalue weighted by Crippen LogP contribution is 2.28. The van der Waals surface area contributed by atoms with Gasteiger partial charge in [0.25, 0.3) is 0 Å². The third-order valence-electron chi connectivity index (χ3n) is 4.98. The monoisotopic (exact) mass is 405 g/mol. The van der Waals surface area contributed by atoms with Gasteiger partial charge in [-0.25, -0.2) is 0 Å². The van der Waals surface area contributed by atoms with Crippen LogP contribution in [-0.2, 0) is 24.2 Å². The molecule has 0 aliphatic heterocycles. The predicted octanol–water partition coefficient (Wildman–Crippen LogP) is 4.13. The molecule has 0 bridgehead atoms. The number of fused-ring (bicyclic) bond motifs is 1. The highest BCUT2D eigenvalue weighted by atomic mass is 32.2. The number of hydrogen-bond donors (Lipinski definition) is 1. The summed E-state index contributed by atoms with van der Waals surface area (Å²) < 4.78 is 1.96. The number of nitrogens with zero attached hydrogens (tertiary/aromatic N) is 4. The number of benzene rings is 1. The first kappa shape index (κ1) is 19.4. The van der Waals surface area contributed by atoms with Crippen LogP contribution < -0.4 is 5.32 Å². The SMILES string of the molecule is C=CCn1c(S[C@H](C)C(=O)Nc2ccc3c(c2)CCC3)nnc1-c1ccncc1. The zero-order valence-electron chi connectivity index (χ0n) is 16.3. The van der Waals surface area contributed by atoms with Crippen molar-refractivity contribution < 1.29 is 4.79 Å². The molecular weight excluding hydrogens is 382 g/mol. The number of aryl methyl sites for hydroxylation is 2. The summed E-state index contributed by atoms with van der Waals surface area (Å²) in [6.45, 7) is 6.28. The molecule has 29 heavy (non-hydrogen) atoms. The highest BCUT2D eigenvalue weighted by molar-refractivity contribution is 8.00. The average Bonchev–Trinajstić information content (AvgIpc) is 3.36. The molecule has 0 saturated carbocycles. The number of carbonyl (C=O) groups is 1. The van der Waals surface area contributed by atoms with Gasteiger partial charge >= 0.3 is 0 Å². The number of thioether (sulfide) groups is 1. The minimum absolute atomic E-state index is 0.0495. The number of nitrogens with one attached hydrogen (secondary N) is 1. The van der Waals surface area contributed by atoms with Crippen molar-refractivity contribution in [3.63, 3.8) is 0 Å². The fourth-order valence-corrected chi connectivity index (χ4v) is 4.35. The first-order valence-corrected chi connectivity index (χ1v) is 10.6. The van der Waals surface area contributed by atoms with Gasteiger partial charge < -0.3 is 5.32 Å². The Labute approximate surface area is 174 Å². The van der Waals surface area contributed by atoms with Crippen molar-refractivity contribution in [2.45, 2.75) is 43.1 Å². The quantitative estimate of drug-likeness (QED) is 0.473. The van der Waals surface area contributed by atoms with Crippen LogP contribution in [0.1, 0.15) is 24.5 Å². The Kier molecular flexibility index (Phi) is 5.76. The van der Waals surface area contributed by atoms with Crippen LogP contribution in [0.15, 0.2) is 60.5 Å². The van der Waals surface area contributed by atoms with Crippen LogP contribution in [0.2, 0.25) is 0 Å². The molecule has 0 saturated heterocycles. The van der Waals surface area contributed by atoms with Gasteiger partial charge in [0, 0.05) is 30.2 Å². The number of amides is 1. The van der Waals surface area contributed by atoms with Crippen LogP contribution in [0.3, 0.4) is 0 Å². The normalized spacial score (nSPS) is 13.7. The molecule has 1 aromatic carbocycles. The first-order valence-electron chi connectivity index (χ1n) is 9.69. The van der Waals surface area contributed by atoms with E-state index in [1.54, 1.807) is 18.5 Å². The average molecular weight is 406 g/mol. The van der Waals surface area contributed by atoms with Gasteiger partial charge in [0.15, 0.2) is 11.0 Å². The Hall–Kier alpha value is -2.93. The Morgan fingerprint density at radius 1 is 1.24 bits per heavy atom. The lowest BCUT2D eigenvalue weighted by Crippen LogP contribution is -2.23. The molecule has 1 aliphatic carbocycles. The lowest BCUT2D eigenvalue weighted by molar-refractivity contribution is -0.115. The summed E-state index contributed by atoms with van der Waals surface area (Å²) in [6.07, 6.45) is 8.66. The van der Waals surface area contributed by atoms with Gasteiger partial charge in [-0.3, -0.25) is 14.3 Å². The molecule has 0 unspecified atom stereocenters. The van der Waals surface area contributed by atoms with E-state index in [1.807, 2.05) is 29.7 Å². The second kappa shape index (κ2) is 8.61. The van der Waals surface area contributed by atoms with E-state index in [0.717, 1.165) is 29.9 Å². The first-order chi connectivity index (χ1) is 14.2. The van der Waals surface area contributed by atoms with Crippen LogP contribution in [-0.4, -0.2) is 30.9 Å². The van der Waals surface area contributed by atoms with E-state index in [4.69, 9.17) is 0 Å². The Morgan fingerprint density at radius 3 is 2.83 bits per heavy atom. The number of rotatable bonds is 7. The van der Waals surface area contributed by atoms with E-state index in [1.165, 1.54) is 29.3 Å². The van der Waals surface area contributed by atoms with E-state index in [0.29, 0.717) is 11.7 Å². The highest BCUT2D eigenvalue weighted by Gasteiger charge is 2.21. The number of aromatic nitrogens is 4. The van der Waals surface area contributed by atoms with Gasteiger partial charge in [0.05, 0.1) is 5.25 Å². The zero-order valence-corrected chi connectivity index (χ0v) is 17.2. The molecule has 1 N–H and O–H groups in total. The van der Waals surface area contributed by atoms with Crippen LogP contribution in [0, 0.1) is 0 Å². The van der Waals surface area contributed by atoms with Crippen molar-refractivity contribution in [1.29, 1.82) is 0 Å². The fourth-order valence-electron chi connectivity index (χ4n) is 3.49.